The van der Waals surface area contributed by atoms with Gasteiger partial charge in [-0.15, -0.1) is 11.3 Å². The van der Waals surface area contributed by atoms with Crippen LogP contribution in [0.15, 0.2) is 10.5 Å². The second-order valence-electron chi connectivity index (χ2n) is 5.04. The Morgan fingerprint density at radius 2 is 2.00 bits per heavy atom. The van der Waals surface area contributed by atoms with Crippen molar-refractivity contribution in [1.29, 1.82) is 0 Å². The fourth-order valence-corrected chi connectivity index (χ4v) is 3.00. The van der Waals surface area contributed by atoms with Crippen LogP contribution in [0.2, 0.25) is 0 Å². The first kappa shape index (κ1) is 14.2. The molecular weight excluding hydrogens is 258 g/mol. The molecule has 0 unspecified atom stereocenters. The third-order valence-electron chi connectivity index (χ3n) is 3.25. The molecule has 2 rings (SSSR count). The van der Waals surface area contributed by atoms with E-state index >= 15 is 0 Å². The van der Waals surface area contributed by atoms with Gasteiger partial charge in [-0.3, -0.25) is 4.79 Å². The Balaban J connectivity index is 1.80. The van der Waals surface area contributed by atoms with Crippen molar-refractivity contribution in [2.75, 3.05) is 0 Å². The lowest BCUT2D eigenvalue weighted by Gasteiger charge is -2.10. The summed E-state index contributed by atoms with van der Waals surface area (Å²) in [6, 6.07) is 0. The van der Waals surface area contributed by atoms with E-state index in [2.05, 4.69) is 15.5 Å². The van der Waals surface area contributed by atoms with Crippen LogP contribution >= 0.6 is 11.3 Å². The van der Waals surface area contributed by atoms with Crippen molar-refractivity contribution in [2.45, 2.75) is 58.3 Å². The Bertz CT molecular complexity index is 443. The van der Waals surface area contributed by atoms with Gasteiger partial charge < -0.3 is 0 Å². The molecule has 1 aliphatic carbocycles. The molecule has 1 aliphatic rings. The molecule has 0 aromatic carbocycles. The Morgan fingerprint density at radius 3 is 2.63 bits per heavy atom. The van der Waals surface area contributed by atoms with Gasteiger partial charge in [0.15, 0.2) is 0 Å². The first-order valence-electron chi connectivity index (χ1n) is 6.99. The van der Waals surface area contributed by atoms with E-state index in [9.17, 15) is 4.79 Å². The van der Waals surface area contributed by atoms with E-state index in [0.29, 0.717) is 6.42 Å². The molecule has 19 heavy (non-hydrogen) atoms. The summed E-state index contributed by atoms with van der Waals surface area (Å²) in [4.78, 5) is 16.0. The molecule has 0 spiro atoms. The highest BCUT2D eigenvalue weighted by atomic mass is 32.1. The lowest BCUT2D eigenvalue weighted by molar-refractivity contribution is -0.120. The number of nitrogens with zero attached hydrogens (tertiary/aromatic N) is 2. The number of amides is 1. The third kappa shape index (κ3) is 5.11. The summed E-state index contributed by atoms with van der Waals surface area (Å²) in [5.74, 6) is -0.0658. The number of hydrogen-bond acceptors (Lipinski definition) is 4. The molecule has 1 saturated carbocycles. The van der Waals surface area contributed by atoms with Crippen molar-refractivity contribution in [3.05, 3.63) is 16.1 Å². The maximum Gasteiger partial charge on any atom is 0.246 e. The highest BCUT2D eigenvalue weighted by Gasteiger charge is 2.08. The Labute approximate surface area is 118 Å². The molecule has 0 bridgehead atoms. The molecule has 1 N–H and O–H groups in total. The van der Waals surface area contributed by atoms with Crippen molar-refractivity contribution < 1.29 is 4.79 Å². The van der Waals surface area contributed by atoms with E-state index in [0.717, 1.165) is 29.3 Å². The van der Waals surface area contributed by atoms with Crippen molar-refractivity contribution in [2.24, 2.45) is 5.10 Å². The molecule has 5 heteroatoms. The van der Waals surface area contributed by atoms with Gasteiger partial charge >= 0.3 is 0 Å². The van der Waals surface area contributed by atoms with Crippen LogP contribution in [-0.2, 0) is 11.2 Å². The zero-order valence-electron chi connectivity index (χ0n) is 11.4. The number of rotatable bonds is 3. The zero-order chi connectivity index (χ0) is 13.5. The van der Waals surface area contributed by atoms with Crippen LogP contribution in [0.3, 0.4) is 0 Å². The molecule has 0 radical (unpaired) electrons. The minimum Gasteiger partial charge on any atom is -0.273 e. The zero-order valence-corrected chi connectivity index (χ0v) is 12.3. The lowest BCUT2D eigenvalue weighted by Crippen LogP contribution is -2.21. The van der Waals surface area contributed by atoms with Crippen LogP contribution in [-0.4, -0.2) is 16.6 Å². The average Bonchev–Trinajstić information content (AvgIpc) is 2.73. The van der Waals surface area contributed by atoms with Gasteiger partial charge in [0.1, 0.15) is 5.01 Å². The maximum atomic E-state index is 11.8. The average molecular weight is 279 g/mol. The van der Waals surface area contributed by atoms with Crippen LogP contribution in [0.1, 0.15) is 55.6 Å². The minimum absolute atomic E-state index is 0.0658. The van der Waals surface area contributed by atoms with Gasteiger partial charge in [-0.1, -0.05) is 19.3 Å². The van der Waals surface area contributed by atoms with E-state index in [1.54, 1.807) is 0 Å². The molecule has 4 nitrogen and oxygen atoms in total. The third-order valence-corrected chi connectivity index (χ3v) is 4.21. The van der Waals surface area contributed by atoms with Gasteiger partial charge in [-0.05, 0) is 32.6 Å². The Morgan fingerprint density at radius 1 is 1.32 bits per heavy atom. The number of aryl methyl sites for hydroxylation is 1. The summed E-state index contributed by atoms with van der Waals surface area (Å²) in [6.45, 7) is 1.94. The van der Waals surface area contributed by atoms with Crippen molar-refractivity contribution >= 4 is 23.0 Å². The lowest BCUT2D eigenvalue weighted by atomic mass is 9.99. The predicted octanol–water partition coefficient (Wildman–Crippen LogP) is 3.21. The standard InChI is InChI=1S/C14H21N3OS/c1-11-10-19-14(15-11)9-13(18)17-16-12-7-5-3-2-4-6-8-12/h10H,2-9H2,1H3,(H,17,18). The van der Waals surface area contributed by atoms with Crippen LogP contribution < -0.4 is 5.43 Å². The van der Waals surface area contributed by atoms with Gasteiger partial charge in [0.05, 0.1) is 6.42 Å². The normalized spacial score (nSPS) is 16.6. The van der Waals surface area contributed by atoms with Gasteiger partial charge in [0.2, 0.25) is 5.91 Å². The quantitative estimate of drug-likeness (QED) is 0.864. The highest BCUT2D eigenvalue weighted by Crippen LogP contribution is 2.14. The second-order valence-corrected chi connectivity index (χ2v) is 5.98. The molecule has 1 aromatic rings. The number of carbonyl (C=O) groups excluding carboxylic acids is 1. The molecular formula is C14H21N3OS. The van der Waals surface area contributed by atoms with Gasteiger partial charge in [0.25, 0.3) is 0 Å². The first-order chi connectivity index (χ1) is 9.24. The number of carbonyl (C=O) groups is 1. The molecule has 0 atom stereocenters. The van der Waals surface area contributed by atoms with E-state index in [1.165, 1.54) is 43.4 Å². The van der Waals surface area contributed by atoms with Crippen molar-refractivity contribution in [1.82, 2.24) is 10.4 Å². The molecule has 1 fully saturated rings. The number of nitrogens with one attached hydrogen (secondary N) is 1. The highest BCUT2D eigenvalue weighted by molar-refractivity contribution is 7.09. The van der Waals surface area contributed by atoms with Crippen molar-refractivity contribution in [3.8, 4) is 0 Å². The SMILES string of the molecule is Cc1csc(CC(=O)NN=C2CCCCCCC2)n1. The molecule has 0 saturated heterocycles. The smallest absolute Gasteiger partial charge is 0.246 e. The topological polar surface area (TPSA) is 54.4 Å². The van der Waals surface area contributed by atoms with E-state index < -0.39 is 0 Å². The molecule has 104 valence electrons. The minimum atomic E-state index is -0.0658. The summed E-state index contributed by atoms with van der Waals surface area (Å²) < 4.78 is 0. The fraction of sp³-hybridized carbons (Fsp3) is 0.643. The first-order valence-corrected chi connectivity index (χ1v) is 7.87. The van der Waals surface area contributed by atoms with Crippen LogP contribution in [0, 0.1) is 6.92 Å². The summed E-state index contributed by atoms with van der Waals surface area (Å²) in [6.07, 6.45) is 8.67. The predicted molar refractivity (Wildman–Crippen MR) is 78.5 cm³/mol. The van der Waals surface area contributed by atoms with E-state index in [-0.39, 0.29) is 5.91 Å². The van der Waals surface area contributed by atoms with Gasteiger partial charge in [-0.2, -0.15) is 5.10 Å². The molecule has 0 aliphatic heterocycles. The summed E-state index contributed by atoms with van der Waals surface area (Å²) in [5, 5.41) is 7.10. The van der Waals surface area contributed by atoms with E-state index in [4.69, 9.17) is 0 Å². The second kappa shape index (κ2) is 7.38. The summed E-state index contributed by atoms with van der Waals surface area (Å²) in [7, 11) is 0. The van der Waals surface area contributed by atoms with Gasteiger partial charge in [0, 0.05) is 16.8 Å². The fourth-order valence-electron chi connectivity index (χ4n) is 2.23. The monoisotopic (exact) mass is 279 g/mol. The largest absolute Gasteiger partial charge is 0.273 e. The van der Waals surface area contributed by atoms with Crippen LogP contribution in [0.4, 0.5) is 0 Å². The molecule has 1 heterocycles. The number of hydrazone groups is 1. The van der Waals surface area contributed by atoms with Gasteiger partial charge in [-0.25, -0.2) is 10.4 Å². The number of thiazole rings is 1. The Hall–Kier alpha value is -1.23. The van der Waals surface area contributed by atoms with Crippen LogP contribution in [0.25, 0.3) is 0 Å². The summed E-state index contributed by atoms with van der Waals surface area (Å²) in [5.41, 5.74) is 4.79. The maximum absolute atomic E-state index is 11.8. The number of hydrogen-bond donors (Lipinski definition) is 1. The summed E-state index contributed by atoms with van der Waals surface area (Å²) >= 11 is 1.52. The molecule has 1 amide bonds. The molecule has 1 aromatic heterocycles. The Kier molecular flexibility index (Phi) is 5.51. The van der Waals surface area contributed by atoms with E-state index in [1.807, 2.05) is 12.3 Å². The van der Waals surface area contributed by atoms with Crippen LogP contribution in [0.5, 0.6) is 0 Å². The number of aromatic nitrogens is 1. The van der Waals surface area contributed by atoms with Crippen molar-refractivity contribution in [3.63, 3.8) is 0 Å².